The van der Waals surface area contributed by atoms with Crippen LogP contribution in [0.2, 0.25) is 0 Å². The van der Waals surface area contributed by atoms with Gasteiger partial charge in [-0.15, -0.1) is 0 Å². The summed E-state index contributed by atoms with van der Waals surface area (Å²) in [7, 11) is 1.45. The number of aromatic nitrogens is 4. The maximum Gasteiger partial charge on any atom is 0.329 e. The molecule has 2 aromatic heterocycles. The quantitative estimate of drug-likeness (QED) is 0.179. The summed E-state index contributed by atoms with van der Waals surface area (Å²) in [5.41, 5.74) is 2.78. The lowest BCUT2D eigenvalue weighted by molar-refractivity contribution is -0.384. The van der Waals surface area contributed by atoms with Gasteiger partial charge in [-0.1, -0.05) is 30.3 Å². The van der Waals surface area contributed by atoms with E-state index in [2.05, 4.69) is 20.5 Å². The number of aryl methyl sites for hydroxylation is 2. The van der Waals surface area contributed by atoms with Crippen LogP contribution in [0.25, 0.3) is 11.2 Å². The maximum atomic E-state index is 12.6. The van der Waals surface area contributed by atoms with Crippen molar-refractivity contribution < 1.29 is 14.8 Å². The minimum absolute atomic E-state index is 0.0556. The zero-order valence-corrected chi connectivity index (χ0v) is 19.4. The lowest BCUT2D eigenvalue weighted by atomic mass is 10.2. The van der Waals surface area contributed by atoms with Crippen LogP contribution < -0.4 is 21.4 Å². The molecule has 0 spiro atoms. The molecule has 2 heterocycles. The Morgan fingerprint density at radius 2 is 2.06 bits per heavy atom. The second kappa shape index (κ2) is 10.2. The van der Waals surface area contributed by atoms with E-state index in [-0.39, 0.29) is 36.0 Å². The van der Waals surface area contributed by atoms with Crippen molar-refractivity contribution >= 4 is 29.0 Å². The molecule has 186 valence electrons. The Hall–Kier alpha value is -4.78. The van der Waals surface area contributed by atoms with Gasteiger partial charge >= 0.3 is 5.69 Å². The molecule has 0 saturated carbocycles. The second-order valence-electron chi connectivity index (χ2n) is 7.99. The molecule has 0 aliphatic rings. The number of fused-ring (bicyclic) bond motifs is 1. The number of imidazole rings is 1. The van der Waals surface area contributed by atoms with E-state index in [1.165, 1.54) is 40.6 Å². The van der Waals surface area contributed by atoms with Gasteiger partial charge < -0.3 is 14.4 Å². The van der Waals surface area contributed by atoms with Gasteiger partial charge in [0.2, 0.25) is 5.95 Å². The van der Waals surface area contributed by atoms with Crippen LogP contribution in [0.5, 0.6) is 5.75 Å². The number of nitro groups is 1. The number of non-ortho nitro benzene ring substituents is 1. The highest BCUT2D eigenvalue weighted by Crippen LogP contribution is 2.19. The Labute approximate surface area is 203 Å². The summed E-state index contributed by atoms with van der Waals surface area (Å²) in [6.45, 7) is 1.72. The number of para-hydroxylation sites is 1. The van der Waals surface area contributed by atoms with Crippen LogP contribution >= 0.6 is 0 Å². The number of nitrogens with zero attached hydrogens (tertiary/aromatic N) is 5. The van der Waals surface area contributed by atoms with Crippen LogP contribution in [-0.4, -0.2) is 48.1 Å². The Bertz CT molecular complexity index is 1570. The fraction of sp³-hybridized carbons (Fsp3) is 0.217. The third kappa shape index (κ3) is 5.15. The number of hydrazone groups is 1. The Kier molecular flexibility index (Phi) is 6.92. The van der Waals surface area contributed by atoms with Crippen molar-refractivity contribution in [2.75, 3.05) is 12.0 Å². The van der Waals surface area contributed by atoms with Crippen LogP contribution in [0.1, 0.15) is 11.1 Å². The molecule has 3 N–H and O–H groups in total. The molecule has 2 aromatic carbocycles. The zero-order chi connectivity index (χ0) is 25.8. The van der Waals surface area contributed by atoms with Gasteiger partial charge in [0.15, 0.2) is 11.2 Å². The number of hydrogen-bond donors (Lipinski definition) is 3. The molecule has 0 bridgehead atoms. The molecule has 4 aromatic rings. The first-order valence-electron chi connectivity index (χ1n) is 10.8. The van der Waals surface area contributed by atoms with Gasteiger partial charge in [-0.05, 0) is 18.6 Å². The average molecular weight is 493 g/mol. The number of rotatable bonds is 9. The standard InChI is InChI=1S/C23H23N7O6/c1-14-6-3-4-9-18(14)36-13-17(31)12-29-19-20(28(2)23(33)26-21(19)32)25-22(29)27-24-11-15-7-5-8-16(10-15)30(34)35/h3-11,17,31H,12-13H2,1-2H3,(H,25,27)(H,26,32,33). The monoisotopic (exact) mass is 493 g/mol. The van der Waals surface area contributed by atoms with Gasteiger partial charge in [-0.25, -0.2) is 10.2 Å². The predicted molar refractivity (Wildman–Crippen MR) is 133 cm³/mol. The molecule has 1 atom stereocenters. The molecule has 4 rings (SSSR count). The summed E-state index contributed by atoms with van der Waals surface area (Å²) in [4.78, 5) is 41.7. The molecule has 0 amide bonds. The van der Waals surface area contributed by atoms with Gasteiger partial charge in [0.25, 0.3) is 11.2 Å². The van der Waals surface area contributed by atoms with Gasteiger partial charge in [-0.2, -0.15) is 10.1 Å². The molecule has 36 heavy (non-hydrogen) atoms. The normalized spacial score (nSPS) is 12.2. The van der Waals surface area contributed by atoms with E-state index in [4.69, 9.17) is 4.74 Å². The number of aliphatic hydroxyl groups excluding tert-OH is 1. The number of H-pyrrole nitrogens is 1. The molecule has 1 unspecified atom stereocenters. The van der Waals surface area contributed by atoms with Crippen molar-refractivity contribution in [3.8, 4) is 5.75 Å². The average Bonchev–Trinajstić information content (AvgIpc) is 3.21. The highest BCUT2D eigenvalue weighted by molar-refractivity contribution is 5.81. The van der Waals surface area contributed by atoms with Crippen molar-refractivity contribution in [3.63, 3.8) is 0 Å². The molecule has 0 aliphatic heterocycles. The van der Waals surface area contributed by atoms with Crippen molar-refractivity contribution in [1.29, 1.82) is 0 Å². The topological polar surface area (TPSA) is 170 Å². The largest absolute Gasteiger partial charge is 0.491 e. The molecule has 0 fully saturated rings. The number of nitrogens with one attached hydrogen (secondary N) is 2. The fourth-order valence-electron chi connectivity index (χ4n) is 3.55. The van der Waals surface area contributed by atoms with Crippen molar-refractivity contribution in [3.05, 3.63) is 90.6 Å². The molecule has 0 saturated heterocycles. The highest BCUT2D eigenvalue weighted by atomic mass is 16.6. The highest BCUT2D eigenvalue weighted by Gasteiger charge is 2.20. The maximum absolute atomic E-state index is 12.6. The lowest BCUT2D eigenvalue weighted by Crippen LogP contribution is -2.30. The van der Waals surface area contributed by atoms with Gasteiger partial charge in [0, 0.05) is 24.7 Å². The third-order valence-electron chi connectivity index (χ3n) is 5.38. The number of ether oxygens (including phenoxy) is 1. The van der Waals surface area contributed by atoms with E-state index in [1.807, 2.05) is 25.1 Å². The lowest BCUT2D eigenvalue weighted by Gasteiger charge is -2.16. The van der Waals surface area contributed by atoms with Gasteiger partial charge in [-0.3, -0.25) is 24.5 Å². The first-order chi connectivity index (χ1) is 17.2. The van der Waals surface area contributed by atoms with Crippen molar-refractivity contribution in [2.45, 2.75) is 19.6 Å². The predicted octanol–water partition coefficient (Wildman–Crippen LogP) is 1.53. The minimum atomic E-state index is -1.04. The molecule has 0 aliphatic carbocycles. The Morgan fingerprint density at radius 3 is 2.81 bits per heavy atom. The summed E-state index contributed by atoms with van der Waals surface area (Å²) in [5, 5.41) is 25.7. The SMILES string of the molecule is Cc1ccccc1OCC(O)Cn1c(NN=Cc2cccc([N+](=O)[O-])c2)nc2c1c(=O)[nH]c(=O)n2C. The number of aliphatic hydroxyl groups is 1. The van der Waals surface area contributed by atoms with Crippen LogP contribution in [-0.2, 0) is 13.6 Å². The smallest absolute Gasteiger partial charge is 0.329 e. The van der Waals surface area contributed by atoms with E-state index in [1.54, 1.807) is 12.1 Å². The third-order valence-corrected chi connectivity index (χ3v) is 5.38. The number of hydrogen-bond acceptors (Lipinski definition) is 9. The van der Waals surface area contributed by atoms with Crippen molar-refractivity contribution in [1.82, 2.24) is 19.1 Å². The summed E-state index contributed by atoms with van der Waals surface area (Å²) in [6.07, 6.45) is 0.303. The molecular formula is C23H23N7O6. The van der Waals surface area contributed by atoms with Gasteiger partial charge in [0.05, 0.1) is 17.7 Å². The molecule has 13 nitrogen and oxygen atoms in total. The summed E-state index contributed by atoms with van der Waals surface area (Å²) < 4.78 is 8.27. The summed E-state index contributed by atoms with van der Waals surface area (Å²) >= 11 is 0. The first kappa shape index (κ1) is 24.3. The van der Waals surface area contributed by atoms with Crippen LogP contribution in [0.15, 0.2) is 63.2 Å². The first-order valence-corrected chi connectivity index (χ1v) is 10.8. The van der Waals surface area contributed by atoms with E-state index in [9.17, 15) is 24.8 Å². The Morgan fingerprint density at radius 1 is 1.28 bits per heavy atom. The van der Waals surface area contributed by atoms with E-state index < -0.39 is 22.3 Å². The van der Waals surface area contributed by atoms with Crippen LogP contribution in [0.3, 0.4) is 0 Å². The summed E-state index contributed by atoms with van der Waals surface area (Å²) in [5.74, 6) is 0.695. The van der Waals surface area contributed by atoms with E-state index >= 15 is 0 Å². The summed E-state index contributed by atoms with van der Waals surface area (Å²) in [6, 6.07) is 13.2. The molecule has 13 heteroatoms. The minimum Gasteiger partial charge on any atom is -0.491 e. The fourth-order valence-corrected chi connectivity index (χ4v) is 3.55. The zero-order valence-electron chi connectivity index (χ0n) is 19.4. The van der Waals surface area contributed by atoms with Crippen LogP contribution in [0, 0.1) is 17.0 Å². The van der Waals surface area contributed by atoms with Crippen LogP contribution in [0.4, 0.5) is 11.6 Å². The van der Waals surface area contributed by atoms with E-state index in [0.29, 0.717) is 11.3 Å². The van der Waals surface area contributed by atoms with Gasteiger partial charge in [0.1, 0.15) is 18.5 Å². The number of anilines is 1. The van der Waals surface area contributed by atoms with E-state index in [0.717, 1.165) is 5.56 Å². The number of aromatic amines is 1. The van der Waals surface area contributed by atoms with Crippen molar-refractivity contribution in [2.24, 2.45) is 12.1 Å². The molecule has 0 radical (unpaired) electrons. The number of benzene rings is 2. The Balaban J connectivity index is 1.62. The number of nitro benzene ring substituents is 1. The second-order valence-corrected chi connectivity index (χ2v) is 7.99. The molecular weight excluding hydrogens is 470 g/mol.